The van der Waals surface area contributed by atoms with Gasteiger partial charge in [0.15, 0.2) is 0 Å². The van der Waals surface area contributed by atoms with Gasteiger partial charge in [0.25, 0.3) is 0 Å². The monoisotopic (exact) mass is 1080 g/mol. The molecule has 0 aliphatic carbocycles. The van der Waals surface area contributed by atoms with Crippen molar-refractivity contribution in [1.29, 1.82) is 0 Å². The molecule has 3 N–H and O–H groups in total. The average Bonchev–Trinajstić information content (AvgIpc) is 3.82. The molecule has 0 bridgehead atoms. The molecule has 0 saturated carbocycles. The van der Waals surface area contributed by atoms with Crippen LogP contribution in [0.2, 0.25) is 0 Å². The number of benzene rings is 6. The van der Waals surface area contributed by atoms with E-state index in [1.807, 2.05) is 78.9 Å². The van der Waals surface area contributed by atoms with Crippen LogP contribution in [-0.2, 0) is 53.5 Å². The number of hydrogen-bond donors (Lipinski definition) is 3. The lowest BCUT2D eigenvalue weighted by Crippen LogP contribution is -3.05. The SMILES string of the molecule is C.C.C.C.CN(C)CC/C=C1/c2ccccc2COc2ccc(CC(=O)[O-])cc21.C[NH+](C)CC/C=C1/c2ccccc2COc2ccc(CC(=O)O)cc21.C[NH+](C)CC/C=C1/c2ccccc2COc2ccc(CC(=O)[O-])cc21. The fourth-order valence-corrected chi connectivity index (χ4v) is 9.34. The summed E-state index contributed by atoms with van der Waals surface area (Å²) in [5.74, 6) is -0.578. The summed E-state index contributed by atoms with van der Waals surface area (Å²) in [5.41, 5.74) is 15.4. The second kappa shape index (κ2) is 31.6. The second-order valence-electron chi connectivity index (χ2n) is 19.9. The van der Waals surface area contributed by atoms with E-state index in [-0.39, 0.29) is 49.0 Å². The van der Waals surface area contributed by atoms with Gasteiger partial charge in [0, 0.05) is 60.9 Å². The summed E-state index contributed by atoms with van der Waals surface area (Å²) in [5, 5.41) is 31.0. The summed E-state index contributed by atoms with van der Waals surface area (Å²) in [7, 11) is 12.6. The number of quaternary nitrogens is 2. The van der Waals surface area contributed by atoms with Gasteiger partial charge in [-0.25, -0.2) is 0 Å². The number of fused-ring (bicyclic) bond motifs is 6. The highest BCUT2D eigenvalue weighted by molar-refractivity contribution is 5.88. The highest BCUT2D eigenvalue weighted by Gasteiger charge is 2.23. The maximum Gasteiger partial charge on any atom is 0.307 e. The third-order valence-electron chi connectivity index (χ3n) is 13.0. The van der Waals surface area contributed by atoms with Crippen molar-refractivity contribution in [2.24, 2.45) is 0 Å². The Morgan fingerprint density at radius 1 is 0.481 bits per heavy atom. The smallest absolute Gasteiger partial charge is 0.307 e. The van der Waals surface area contributed by atoms with Gasteiger partial charge in [0.2, 0.25) is 0 Å². The minimum absolute atomic E-state index is 0. The summed E-state index contributed by atoms with van der Waals surface area (Å²) < 4.78 is 18.0. The third kappa shape index (κ3) is 18.4. The van der Waals surface area contributed by atoms with Crippen LogP contribution < -0.4 is 34.2 Å². The molecule has 0 radical (unpaired) electrons. The van der Waals surface area contributed by atoms with E-state index in [1.165, 1.54) is 15.4 Å². The molecule has 12 nitrogen and oxygen atoms in total. The van der Waals surface area contributed by atoms with E-state index in [0.717, 1.165) is 134 Å². The van der Waals surface area contributed by atoms with E-state index in [4.69, 9.17) is 19.3 Å². The summed E-state index contributed by atoms with van der Waals surface area (Å²) in [6, 6.07) is 41.5. The number of carboxylic acids is 3. The van der Waals surface area contributed by atoms with Crippen LogP contribution in [0.15, 0.2) is 146 Å². The molecule has 6 aromatic carbocycles. The minimum atomic E-state index is -1.08. The number of carboxylic acid groups (broad SMARTS) is 3. The molecule has 0 amide bonds. The number of aliphatic carboxylic acids is 3. The normalized spacial score (nSPS) is 13.9. The van der Waals surface area contributed by atoms with E-state index in [0.29, 0.717) is 19.8 Å². The Kier molecular flexibility index (Phi) is 26.2. The lowest BCUT2D eigenvalue weighted by Gasteiger charge is -2.14. The highest BCUT2D eigenvalue weighted by atomic mass is 16.5. The van der Waals surface area contributed by atoms with Crippen LogP contribution in [0.3, 0.4) is 0 Å². The Bertz CT molecular complexity index is 2750. The predicted octanol–water partition coefficient (Wildman–Crippen LogP) is 7.81. The Labute approximate surface area is 470 Å². The van der Waals surface area contributed by atoms with Crippen molar-refractivity contribution in [2.45, 2.75) is 88.1 Å². The van der Waals surface area contributed by atoms with E-state index in [1.54, 1.807) is 12.1 Å². The first kappa shape index (κ1) is 65.5. The molecule has 0 aromatic heterocycles. The molecule has 3 aliphatic heterocycles. The van der Waals surface area contributed by atoms with E-state index in [2.05, 4.69) is 102 Å². The largest absolute Gasteiger partial charge is 0.550 e. The van der Waals surface area contributed by atoms with Crippen LogP contribution in [0, 0.1) is 0 Å². The first-order valence-electron chi connectivity index (χ1n) is 25.6. The Morgan fingerprint density at radius 3 is 1.10 bits per heavy atom. The third-order valence-corrected chi connectivity index (χ3v) is 13.0. The standard InChI is InChI=1S/3C21H23NO3.4CH4/c3*1-22(2)11-5-8-18-17-7-4-3-6-16(17)14-25-20-10-9-15(12-19(18)20)13-21(23)24;;;;/h3*3-4,6-10,12H,5,11,13-14H2,1-2H3,(H,23,24);4*1H4/b3*18-8-;;;;. The maximum absolute atomic E-state index is 11.1. The molecule has 0 spiro atoms. The Balaban J connectivity index is 0.000000304. The minimum Gasteiger partial charge on any atom is -0.550 e. The molecular formula is C67H85N3O9. The van der Waals surface area contributed by atoms with Crippen LogP contribution >= 0.6 is 0 Å². The molecule has 6 aromatic rings. The van der Waals surface area contributed by atoms with E-state index < -0.39 is 17.9 Å². The molecule has 3 aliphatic rings. The molecule has 0 fully saturated rings. The van der Waals surface area contributed by atoms with Gasteiger partial charge in [-0.1, -0.05) is 139 Å². The van der Waals surface area contributed by atoms with Crippen molar-refractivity contribution >= 4 is 34.6 Å². The van der Waals surface area contributed by atoms with Gasteiger partial charge in [-0.3, -0.25) is 4.79 Å². The fourth-order valence-electron chi connectivity index (χ4n) is 9.34. The number of nitrogens with zero attached hydrogens (tertiary/aromatic N) is 1. The van der Waals surface area contributed by atoms with Gasteiger partial charge in [0.1, 0.15) is 37.1 Å². The van der Waals surface area contributed by atoms with Crippen LogP contribution in [0.25, 0.3) is 16.7 Å². The molecule has 9 rings (SSSR count). The van der Waals surface area contributed by atoms with Crippen molar-refractivity contribution < 1.29 is 53.7 Å². The van der Waals surface area contributed by atoms with Crippen LogP contribution in [0.1, 0.15) is 116 Å². The zero-order valence-corrected chi connectivity index (χ0v) is 44.0. The Morgan fingerprint density at radius 2 is 0.797 bits per heavy atom. The van der Waals surface area contributed by atoms with Gasteiger partial charge in [-0.05, 0) is 124 Å². The number of ether oxygens (including phenoxy) is 3. The number of carbonyl (C=O) groups excluding carboxylic acids is 2. The molecule has 422 valence electrons. The van der Waals surface area contributed by atoms with Gasteiger partial charge in [0.05, 0.1) is 47.7 Å². The Hall–Kier alpha value is -7.77. The fraction of sp³-hybridized carbons (Fsp3) is 0.328. The molecule has 0 saturated heterocycles. The number of rotatable bonds is 15. The molecular weight excluding hydrogens is 991 g/mol. The van der Waals surface area contributed by atoms with Crippen LogP contribution in [0.5, 0.6) is 17.2 Å². The quantitative estimate of drug-likeness (QED) is 0.0928. The van der Waals surface area contributed by atoms with Crippen LogP contribution in [-0.4, -0.2) is 89.8 Å². The molecule has 12 heteroatoms. The lowest BCUT2D eigenvalue weighted by atomic mass is 9.92. The zero-order valence-electron chi connectivity index (χ0n) is 44.0. The zero-order chi connectivity index (χ0) is 53.4. The van der Waals surface area contributed by atoms with Crippen molar-refractivity contribution in [3.63, 3.8) is 0 Å². The number of hydrogen-bond acceptors (Lipinski definition) is 9. The molecule has 0 atom stereocenters. The second-order valence-corrected chi connectivity index (χ2v) is 19.9. The first-order valence-corrected chi connectivity index (χ1v) is 25.6. The van der Waals surface area contributed by atoms with E-state index >= 15 is 0 Å². The van der Waals surface area contributed by atoms with Crippen molar-refractivity contribution in [3.8, 4) is 17.2 Å². The number of nitrogens with one attached hydrogen (secondary N) is 2. The number of carbonyl (C=O) groups is 3. The molecule has 0 unspecified atom stereocenters. The topological polar surface area (TPSA) is 157 Å². The van der Waals surface area contributed by atoms with Gasteiger partial charge >= 0.3 is 5.97 Å². The maximum atomic E-state index is 11.1. The van der Waals surface area contributed by atoms with Crippen LogP contribution in [0.4, 0.5) is 0 Å². The lowest BCUT2D eigenvalue weighted by molar-refractivity contribution is -0.857. The first-order chi connectivity index (χ1) is 36.1. The highest BCUT2D eigenvalue weighted by Crippen LogP contribution is 2.40. The molecule has 3 heterocycles. The molecule has 79 heavy (non-hydrogen) atoms. The van der Waals surface area contributed by atoms with Gasteiger partial charge in [-0.15, -0.1) is 0 Å². The van der Waals surface area contributed by atoms with Crippen molar-refractivity contribution in [1.82, 2.24) is 4.90 Å². The summed E-state index contributed by atoms with van der Waals surface area (Å²) in [6.45, 7) is 4.56. The summed E-state index contributed by atoms with van der Waals surface area (Å²) in [6.07, 6.45) is 9.33. The van der Waals surface area contributed by atoms with Crippen molar-refractivity contribution in [3.05, 3.63) is 212 Å². The van der Waals surface area contributed by atoms with Gasteiger partial charge in [-0.2, -0.15) is 0 Å². The van der Waals surface area contributed by atoms with Gasteiger partial charge < -0.3 is 53.8 Å². The summed E-state index contributed by atoms with van der Waals surface area (Å²) >= 11 is 0. The average molecular weight is 1080 g/mol. The van der Waals surface area contributed by atoms with Crippen molar-refractivity contribution in [2.75, 3.05) is 61.9 Å². The predicted molar refractivity (Wildman–Crippen MR) is 316 cm³/mol. The van der Waals surface area contributed by atoms with E-state index in [9.17, 15) is 24.6 Å². The summed E-state index contributed by atoms with van der Waals surface area (Å²) in [4.78, 5) is 38.0.